The molecule has 0 aliphatic heterocycles. The van der Waals surface area contributed by atoms with Gasteiger partial charge < -0.3 is 10.5 Å². The summed E-state index contributed by atoms with van der Waals surface area (Å²) in [6, 6.07) is 2.95. The molecular formula is C9H9BF3NO. The van der Waals surface area contributed by atoms with Crippen molar-refractivity contribution in [3.63, 3.8) is 0 Å². The van der Waals surface area contributed by atoms with Gasteiger partial charge in [-0.25, -0.2) is 0 Å². The molecule has 0 heterocycles. The van der Waals surface area contributed by atoms with Gasteiger partial charge in [0, 0.05) is 6.54 Å². The van der Waals surface area contributed by atoms with Crippen LogP contribution in [-0.2, 0) is 6.18 Å². The van der Waals surface area contributed by atoms with Crippen molar-refractivity contribution >= 4 is 13.3 Å². The minimum absolute atomic E-state index is 0.0433. The number of nitrogens with two attached hydrogens (primary N) is 1. The Morgan fingerprint density at radius 2 is 2.00 bits per heavy atom. The summed E-state index contributed by atoms with van der Waals surface area (Å²) in [5, 5.41) is 0. The molecule has 2 radical (unpaired) electrons. The van der Waals surface area contributed by atoms with E-state index in [1.807, 2.05) is 0 Å². The molecule has 0 saturated heterocycles. The molecule has 0 unspecified atom stereocenters. The van der Waals surface area contributed by atoms with E-state index in [9.17, 15) is 13.2 Å². The van der Waals surface area contributed by atoms with Crippen molar-refractivity contribution in [1.82, 2.24) is 0 Å². The highest BCUT2D eigenvalue weighted by molar-refractivity contribution is 6.34. The molecule has 2 N–H and O–H groups in total. The highest BCUT2D eigenvalue weighted by Gasteiger charge is 2.30. The summed E-state index contributed by atoms with van der Waals surface area (Å²) in [6.45, 7) is 0.496. The van der Waals surface area contributed by atoms with Crippen LogP contribution in [0.2, 0.25) is 0 Å². The van der Waals surface area contributed by atoms with Gasteiger partial charge in [0.1, 0.15) is 20.2 Å². The van der Waals surface area contributed by atoms with E-state index in [1.54, 1.807) is 0 Å². The van der Waals surface area contributed by atoms with E-state index >= 15 is 0 Å². The summed E-state index contributed by atoms with van der Waals surface area (Å²) in [7, 11) is 5.39. The lowest BCUT2D eigenvalue weighted by molar-refractivity contribution is -0.137. The van der Waals surface area contributed by atoms with E-state index in [1.165, 1.54) is 6.07 Å². The van der Waals surface area contributed by atoms with Crippen LogP contribution < -0.4 is 15.9 Å². The Labute approximate surface area is 86.6 Å². The van der Waals surface area contributed by atoms with E-state index in [-0.39, 0.29) is 24.4 Å². The second-order valence-corrected chi connectivity index (χ2v) is 2.89. The van der Waals surface area contributed by atoms with Gasteiger partial charge >= 0.3 is 6.18 Å². The zero-order chi connectivity index (χ0) is 11.5. The van der Waals surface area contributed by atoms with Gasteiger partial charge in [-0.1, -0.05) is 11.5 Å². The number of rotatable bonds is 3. The number of benzene rings is 1. The van der Waals surface area contributed by atoms with Gasteiger partial charge in [0.25, 0.3) is 0 Å². The van der Waals surface area contributed by atoms with Crippen molar-refractivity contribution in [2.24, 2.45) is 5.73 Å². The summed E-state index contributed by atoms with van der Waals surface area (Å²) in [4.78, 5) is 0. The number of ether oxygens (including phenoxy) is 1. The fraction of sp³-hybridized carbons (Fsp3) is 0.333. The second kappa shape index (κ2) is 4.57. The molecule has 15 heavy (non-hydrogen) atoms. The van der Waals surface area contributed by atoms with Gasteiger partial charge in [-0.15, -0.1) is 0 Å². The number of hydrogen-bond donors (Lipinski definition) is 1. The van der Waals surface area contributed by atoms with Gasteiger partial charge in [-0.2, -0.15) is 13.2 Å². The number of halogens is 3. The van der Waals surface area contributed by atoms with Crippen molar-refractivity contribution in [2.45, 2.75) is 6.18 Å². The quantitative estimate of drug-likeness (QED) is 0.758. The molecular weight excluding hydrogens is 206 g/mol. The monoisotopic (exact) mass is 215 g/mol. The van der Waals surface area contributed by atoms with E-state index < -0.39 is 11.7 Å². The summed E-state index contributed by atoms with van der Waals surface area (Å²) < 4.78 is 41.7. The van der Waals surface area contributed by atoms with Crippen LogP contribution in [0.5, 0.6) is 5.75 Å². The lowest BCUT2D eigenvalue weighted by Gasteiger charge is -2.11. The van der Waals surface area contributed by atoms with Crippen LogP contribution in [0.25, 0.3) is 0 Å². The summed E-state index contributed by atoms with van der Waals surface area (Å²) in [5.74, 6) is 0.216. The van der Waals surface area contributed by atoms with Crippen molar-refractivity contribution in [2.75, 3.05) is 13.2 Å². The van der Waals surface area contributed by atoms with Gasteiger partial charge in [0.05, 0.1) is 5.56 Å². The van der Waals surface area contributed by atoms with Crippen molar-refractivity contribution < 1.29 is 17.9 Å². The first-order valence-electron chi connectivity index (χ1n) is 4.24. The SMILES string of the molecule is [B]c1cc(C(F)(F)F)ccc1OCCN. The lowest BCUT2D eigenvalue weighted by Crippen LogP contribution is -2.17. The second-order valence-electron chi connectivity index (χ2n) is 2.89. The van der Waals surface area contributed by atoms with Crippen LogP contribution in [0.3, 0.4) is 0 Å². The molecule has 1 rings (SSSR count). The minimum Gasteiger partial charge on any atom is -0.493 e. The molecule has 6 heteroatoms. The van der Waals surface area contributed by atoms with E-state index in [2.05, 4.69) is 0 Å². The molecule has 80 valence electrons. The Hall–Kier alpha value is -1.17. The average Bonchev–Trinajstić information content (AvgIpc) is 2.14. The average molecular weight is 215 g/mol. The first-order chi connectivity index (χ1) is 6.95. The van der Waals surface area contributed by atoms with Crippen LogP contribution in [-0.4, -0.2) is 21.0 Å². The van der Waals surface area contributed by atoms with Gasteiger partial charge in [0.15, 0.2) is 0 Å². The molecule has 1 aromatic rings. The molecule has 0 amide bonds. The molecule has 0 bridgehead atoms. The number of hydrogen-bond acceptors (Lipinski definition) is 2. The molecule has 1 aromatic carbocycles. The summed E-state index contributed by atoms with van der Waals surface area (Å²) in [5.41, 5.74) is 4.34. The highest BCUT2D eigenvalue weighted by Crippen LogP contribution is 2.29. The molecule has 0 atom stereocenters. The Balaban J connectivity index is 2.88. The van der Waals surface area contributed by atoms with Crippen LogP contribution in [0.1, 0.15) is 5.56 Å². The predicted molar refractivity (Wildman–Crippen MR) is 51.4 cm³/mol. The topological polar surface area (TPSA) is 35.2 Å². The minimum atomic E-state index is -4.39. The molecule has 0 aromatic heterocycles. The highest BCUT2D eigenvalue weighted by atomic mass is 19.4. The molecule has 0 aliphatic carbocycles. The Kier molecular flexibility index (Phi) is 3.63. The molecule has 0 aliphatic rings. The fourth-order valence-corrected chi connectivity index (χ4v) is 1.03. The predicted octanol–water partition coefficient (Wildman–Crippen LogP) is 0.837. The van der Waals surface area contributed by atoms with Crippen molar-refractivity contribution in [3.8, 4) is 5.75 Å². The Bertz CT molecular complexity index is 341. The van der Waals surface area contributed by atoms with Crippen molar-refractivity contribution in [1.29, 1.82) is 0 Å². The largest absolute Gasteiger partial charge is 0.493 e. The maximum atomic E-state index is 12.2. The zero-order valence-electron chi connectivity index (χ0n) is 7.84. The van der Waals surface area contributed by atoms with E-state index in [4.69, 9.17) is 18.3 Å². The molecule has 0 saturated carbocycles. The van der Waals surface area contributed by atoms with E-state index in [0.29, 0.717) is 0 Å². The third kappa shape index (κ3) is 3.16. The third-order valence-electron chi connectivity index (χ3n) is 1.71. The van der Waals surface area contributed by atoms with Crippen LogP contribution in [0.4, 0.5) is 13.2 Å². The maximum Gasteiger partial charge on any atom is 0.416 e. The smallest absolute Gasteiger partial charge is 0.416 e. The normalized spacial score (nSPS) is 11.5. The van der Waals surface area contributed by atoms with Gasteiger partial charge in [0.2, 0.25) is 0 Å². The number of alkyl halides is 3. The standard InChI is InChI=1S/C9H9BF3NO/c10-7-5-6(9(11,12)13)1-2-8(7)15-4-3-14/h1-2,5H,3-4,14H2. The first kappa shape index (κ1) is 11.9. The van der Waals surface area contributed by atoms with Crippen molar-refractivity contribution in [3.05, 3.63) is 23.8 Å². The summed E-state index contributed by atoms with van der Waals surface area (Å²) >= 11 is 0. The molecule has 2 nitrogen and oxygen atoms in total. The fourth-order valence-electron chi connectivity index (χ4n) is 1.03. The first-order valence-corrected chi connectivity index (χ1v) is 4.24. The van der Waals surface area contributed by atoms with Crippen LogP contribution >= 0.6 is 0 Å². The van der Waals surface area contributed by atoms with Crippen LogP contribution in [0.15, 0.2) is 18.2 Å². The van der Waals surface area contributed by atoms with E-state index in [0.717, 1.165) is 12.1 Å². The third-order valence-corrected chi connectivity index (χ3v) is 1.71. The summed E-state index contributed by atoms with van der Waals surface area (Å²) in [6.07, 6.45) is -4.39. The van der Waals surface area contributed by atoms with Crippen LogP contribution in [0, 0.1) is 0 Å². The van der Waals surface area contributed by atoms with Gasteiger partial charge in [-0.05, 0) is 12.1 Å². The Morgan fingerprint density at radius 1 is 1.33 bits per heavy atom. The lowest BCUT2D eigenvalue weighted by atomic mass is 9.93. The maximum absolute atomic E-state index is 12.2. The zero-order valence-corrected chi connectivity index (χ0v) is 7.84. The molecule has 0 fully saturated rings. The van der Waals surface area contributed by atoms with Gasteiger partial charge in [-0.3, -0.25) is 0 Å². The Morgan fingerprint density at radius 3 is 2.47 bits per heavy atom. The molecule has 0 spiro atoms.